The van der Waals surface area contributed by atoms with Crippen LogP contribution in [-0.2, 0) is 11.2 Å². The summed E-state index contributed by atoms with van der Waals surface area (Å²) < 4.78 is 33.6. The van der Waals surface area contributed by atoms with Crippen molar-refractivity contribution < 1.29 is 23.4 Å². The maximum Gasteiger partial charge on any atom is 0.253 e. The number of pyridine rings is 1. The number of methoxy groups -OCH3 is 1. The number of nitrogens with zero attached hydrogens (tertiary/aromatic N) is 1. The van der Waals surface area contributed by atoms with Crippen molar-refractivity contribution in [2.75, 3.05) is 20.3 Å². The van der Waals surface area contributed by atoms with Gasteiger partial charge in [-0.1, -0.05) is 11.6 Å². The molecular formula is C19H23ClF2N2O3. The second kappa shape index (κ2) is 7.73. The zero-order chi connectivity index (χ0) is 19.7. The number of hydrogen-bond donors (Lipinski definition) is 2. The Kier molecular flexibility index (Phi) is 5.74. The lowest BCUT2D eigenvalue weighted by Crippen LogP contribution is -2.47. The Hall–Kier alpha value is -1.70. The fourth-order valence-electron chi connectivity index (χ4n) is 3.45. The molecule has 0 unspecified atom stereocenters. The van der Waals surface area contributed by atoms with Crippen molar-refractivity contribution in [2.45, 2.75) is 43.6 Å². The minimum Gasteiger partial charge on any atom is -0.388 e. The number of carbonyl (C=O) groups excluding carboxylic acids is 1. The van der Waals surface area contributed by atoms with Gasteiger partial charge in [-0.15, -0.1) is 0 Å². The molecule has 0 aliphatic heterocycles. The van der Waals surface area contributed by atoms with Crippen LogP contribution in [0.15, 0.2) is 24.4 Å². The molecule has 1 aliphatic rings. The number of ether oxygens (including phenoxy) is 1. The monoisotopic (exact) mass is 400 g/mol. The molecule has 2 aromatic rings. The summed E-state index contributed by atoms with van der Waals surface area (Å²) in [6.07, 6.45) is 1.58. The van der Waals surface area contributed by atoms with Gasteiger partial charge in [0.1, 0.15) is 0 Å². The molecular weight excluding hydrogens is 378 g/mol. The van der Waals surface area contributed by atoms with Gasteiger partial charge in [-0.25, -0.2) is 8.78 Å². The van der Waals surface area contributed by atoms with Gasteiger partial charge < -0.3 is 19.6 Å². The molecule has 0 bridgehead atoms. The minimum atomic E-state index is -2.74. The van der Waals surface area contributed by atoms with Crippen LogP contribution in [0.25, 0.3) is 5.52 Å². The lowest BCUT2D eigenvalue weighted by molar-refractivity contribution is -0.101. The van der Waals surface area contributed by atoms with Crippen LogP contribution in [0, 0.1) is 0 Å². The summed E-state index contributed by atoms with van der Waals surface area (Å²) in [6, 6.07) is 5.23. The van der Waals surface area contributed by atoms with Crippen molar-refractivity contribution in [3.8, 4) is 0 Å². The highest BCUT2D eigenvalue weighted by molar-refractivity contribution is 6.34. The van der Waals surface area contributed by atoms with Gasteiger partial charge in [0.2, 0.25) is 5.92 Å². The number of hydrogen-bond acceptors (Lipinski definition) is 3. The summed E-state index contributed by atoms with van der Waals surface area (Å²) >= 11 is 6.30. The molecule has 5 nitrogen and oxygen atoms in total. The van der Waals surface area contributed by atoms with E-state index < -0.39 is 17.4 Å². The quantitative estimate of drug-likeness (QED) is 0.780. The molecule has 27 heavy (non-hydrogen) atoms. The summed E-state index contributed by atoms with van der Waals surface area (Å²) in [6.45, 7) is 0.421. The average molecular weight is 401 g/mol. The molecule has 8 heteroatoms. The fourth-order valence-corrected chi connectivity index (χ4v) is 3.72. The van der Waals surface area contributed by atoms with Gasteiger partial charge in [0.05, 0.1) is 28.3 Å². The van der Waals surface area contributed by atoms with E-state index in [1.165, 1.54) is 0 Å². The molecule has 0 saturated heterocycles. The van der Waals surface area contributed by atoms with Crippen LogP contribution in [-0.4, -0.2) is 47.2 Å². The van der Waals surface area contributed by atoms with Gasteiger partial charge in [-0.3, -0.25) is 4.79 Å². The molecule has 1 fully saturated rings. The molecule has 2 heterocycles. The number of nitrogens with one attached hydrogen (secondary N) is 1. The van der Waals surface area contributed by atoms with Crippen molar-refractivity contribution in [3.05, 3.63) is 40.7 Å². The zero-order valence-corrected chi connectivity index (χ0v) is 15.9. The van der Waals surface area contributed by atoms with Crippen LogP contribution in [0.4, 0.5) is 8.78 Å². The van der Waals surface area contributed by atoms with E-state index in [0.717, 1.165) is 5.69 Å². The fraction of sp³-hybridized carbons (Fsp3) is 0.526. The van der Waals surface area contributed by atoms with Crippen LogP contribution in [0.3, 0.4) is 0 Å². The predicted molar refractivity (Wildman–Crippen MR) is 98.7 cm³/mol. The first-order chi connectivity index (χ1) is 12.7. The predicted octanol–water partition coefficient (Wildman–Crippen LogP) is 3.45. The van der Waals surface area contributed by atoms with E-state index in [0.29, 0.717) is 29.1 Å². The molecule has 2 aromatic heterocycles. The molecule has 1 amide bonds. The van der Waals surface area contributed by atoms with E-state index in [9.17, 15) is 18.7 Å². The van der Waals surface area contributed by atoms with Crippen molar-refractivity contribution in [2.24, 2.45) is 0 Å². The molecule has 0 atom stereocenters. The second-order valence-corrected chi connectivity index (χ2v) is 7.54. The third-order valence-corrected chi connectivity index (χ3v) is 5.42. The Balaban J connectivity index is 1.78. The largest absolute Gasteiger partial charge is 0.388 e. The SMILES string of the molecule is COCCc1cc(C(=O)NCC2(O)CCC(F)(F)CC2)c2c(Cl)cccn12. The summed E-state index contributed by atoms with van der Waals surface area (Å²) in [7, 11) is 1.60. The van der Waals surface area contributed by atoms with Gasteiger partial charge in [0.25, 0.3) is 5.91 Å². The van der Waals surface area contributed by atoms with E-state index in [1.807, 2.05) is 10.6 Å². The Bertz CT molecular complexity index is 828. The number of rotatable bonds is 6. The van der Waals surface area contributed by atoms with E-state index in [2.05, 4.69) is 5.32 Å². The van der Waals surface area contributed by atoms with Gasteiger partial charge in [0, 0.05) is 44.8 Å². The molecule has 2 N–H and O–H groups in total. The topological polar surface area (TPSA) is 63.0 Å². The Morgan fingerprint density at radius 2 is 2.07 bits per heavy atom. The number of aromatic nitrogens is 1. The smallest absolute Gasteiger partial charge is 0.253 e. The Morgan fingerprint density at radius 3 is 2.74 bits per heavy atom. The van der Waals surface area contributed by atoms with Gasteiger partial charge in [-0.05, 0) is 31.0 Å². The zero-order valence-electron chi connectivity index (χ0n) is 15.1. The number of halogens is 3. The van der Waals surface area contributed by atoms with E-state index >= 15 is 0 Å². The highest BCUT2D eigenvalue weighted by Crippen LogP contribution is 2.38. The van der Waals surface area contributed by atoms with Crippen molar-refractivity contribution >= 4 is 23.0 Å². The first-order valence-electron chi connectivity index (χ1n) is 8.90. The third kappa shape index (κ3) is 4.42. The van der Waals surface area contributed by atoms with E-state index in [4.69, 9.17) is 16.3 Å². The lowest BCUT2D eigenvalue weighted by Gasteiger charge is -2.35. The second-order valence-electron chi connectivity index (χ2n) is 7.13. The van der Waals surface area contributed by atoms with E-state index in [-0.39, 0.29) is 32.2 Å². The molecule has 0 spiro atoms. The summed E-state index contributed by atoms with van der Waals surface area (Å²) in [5.41, 5.74) is 0.520. The molecule has 1 saturated carbocycles. The van der Waals surface area contributed by atoms with Gasteiger partial charge in [0.15, 0.2) is 0 Å². The number of alkyl halides is 2. The van der Waals surface area contributed by atoms with Crippen LogP contribution in [0.5, 0.6) is 0 Å². The standard InChI is InChI=1S/C19H23ClF2N2O3/c1-27-10-4-13-11-14(16-15(20)3-2-9-24(13)16)17(25)23-12-18(26)5-7-19(21,22)8-6-18/h2-3,9,11,26H,4-8,10,12H2,1H3,(H,23,25). The molecule has 0 radical (unpaired) electrons. The van der Waals surface area contributed by atoms with Gasteiger partial charge in [-0.2, -0.15) is 0 Å². The number of carbonyl (C=O) groups is 1. The molecule has 0 aromatic carbocycles. The maximum atomic E-state index is 13.3. The normalized spacial score (nSPS) is 18.6. The first kappa shape index (κ1) is 20.0. The first-order valence-corrected chi connectivity index (χ1v) is 9.28. The van der Waals surface area contributed by atoms with Crippen LogP contribution < -0.4 is 5.32 Å². The summed E-state index contributed by atoms with van der Waals surface area (Å²) in [4.78, 5) is 12.7. The van der Waals surface area contributed by atoms with Crippen molar-refractivity contribution in [1.82, 2.24) is 9.72 Å². The van der Waals surface area contributed by atoms with Crippen LogP contribution >= 0.6 is 11.6 Å². The third-order valence-electron chi connectivity index (χ3n) is 5.12. The highest BCUT2D eigenvalue weighted by Gasteiger charge is 2.42. The molecule has 3 rings (SSSR count). The average Bonchev–Trinajstić information content (AvgIpc) is 3.01. The Morgan fingerprint density at radius 1 is 1.37 bits per heavy atom. The highest BCUT2D eigenvalue weighted by atomic mass is 35.5. The van der Waals surface area contributed by atoms with Crippen LogP contribution in [0.2, 0.25) is 5.02 Å². The van der Waals surface area contributed by atoms with Crippen LogP contribution in [0.1, 0.15) is 41.7 Å². The molecule has 1 aliphatic carbocycles. The number of fused-ring (bicyclic) bond motifs is 1. The maximum absolute atomic E-state index is 13.3. The molecule has 148 valence electrons. The van der Waals surface area contributed by atoms with Gasteiger partial charge >= 0.3 is 0 Å². The van der Waals surface area contributed by atoms with Crippen molar-refractivity contribution in [1.29, 1.82) is 0 Å². The summed E-state index contributed by atoms with van der Waals surface area (Å²) in [5.74, 6) is -3.13. The van der Waals surface area contributed by atoms with Crippen molar-refractivity contribution in [3.63, 3.8) is 0 Å². The number of aliphatic hydroxyl groups is 1. The number of amides is 1. The minimum absolute atomic E-state index is 0.0450. The van der Waals surface area contributed by atoms with E-state index in [1.54, 1.807) is 25.3 Å². The lowest BCUT2D eigenvalue weighted by atomic mass is 9.82. The Labute approximate surface area is 161 Å². The summed E-state index contributed by atoms with van der Waals surface area (Å²) in [5, 5.41) is 13.6.